The van der Waals surface area contributed by atoms with Crippen molar-refractivity contribution >= 4 is 17.7 Å². The van der Waals surface area contributed by atoms with Gasteiger partial charge in [0, 0.05) is 23.7 Å². The molecule has 2 N–H and O–H groups in total. The lowest BCUT2D eigenvalue weighted by Crippen LogP contribution is -2.16. The number of hydrogen-bond donors (Lipinski definition) is 2. The van der Waals surface area contributed by atoms with Crippen molar-refractivity contribution in [3.05, 3.63) is 53.5 Å². The van der Waals surface area contributed by atoms with Crippen LogP contribution in [0, 0.1) is 6.92 Å². The number of rotatable bonds is 3. The zero-order chi connectivity index (χ0) is 13.8. The highest BCUT2D eigenvalue weighted by atomic mass is 16.4. The number of hydrogen-bond acceptors (Lipinski definition) is 4. The number of anilines is 1. The van der Waals surface area contributed by atoms with Gasteiger partial charge in [-0.1, -0.05) is 0 Å². The minimum absolute atomic E-state index is 0.0227. The Kier molecular flexibility index (Phi) is 3.51. The number of aryl methyl sites for hydroxylation is 1. The van der Waals surface area contributed by atoms with Gasteiger partial charge in [-0.15, -0.1) is 0 Å². The predicted octanol–water partition coefficient (Wildman–Crippen LogP) is 1.74. The SMILES string of the molecule is Cc1cc(C(=O)Nc2ncccc2C(=O)O)ccn1. The first-order valence-corrected chi connectivity index (χ1v) is 5.50. The number of carboxylic acid groups (broad SMARTS) is 1. The van der Waals surface area contributed by atoms with Crippen molar-refractivity contribution in [2.75, 3.05) is 5.32 Å². The Morgan fingerprint density at radius 2 is 2.00 bits per heavy atom. The molecule has 0 aliphatic carbocycles. The maximum absolute atomic E-state index is 12.0. The molecule has 19 heavy (non-hydrogen) atoms. The number of carbonyl (C=O) groups is 2. The second kappa shape index (κ2) is 5.26. The van der Waals surface area contributed by atoms with Gasteiger partial charge in [-0.2, -0.15) is 0 Å². The van der Waals surface area contributed by atoms with Crippen molar-refractivity contribution in [2.24, 2.45) is 0 Å². The number of carbonyl (C=O) groups excluding carboxylic acids is 1. The van der Waals surface area contributed by atoms with Crippen LogP contribution in [0.2, 0.25) is 0 Å². The molecular formula is C13H11N3O3. The number of aromatic carboxylic acids is 1. The predicted molar refractivity (Wildman–Crippen MR) is 68.1 cm³/mol. The molecule has 0 fully saturated rings. The third-order valence-corrected chi connectivity index (χ3v) is 2.43. The highest BCUT2D eigenvalue weighted by Crippen LogP contribution is 2.13. The zero-order valence-electron chi connectivity index (χ0n) is 10.1. The Balaban J connectivity index is 2.27. The molecule has 2 heterocycles. The Labute approximate surface area is 109 Å². The maximum atomic E-state index is 12.0. The number of nitrogens with zero attached hydrogens (tertiary/aromatic N) is 2. The summed E-state index contributed by atoms with van der Waals surface area (Å²) in [5, 5.41) is 11.5. The number of nitrogens with one attached hydrogen (secondary N) is 1. The fourth-order valence-electron chi connectivity index (χ4n) is 1.54. The highest BCUT2D eigenvalue weighted by Gasteiger charge is 2.14. The summed E-state index contributed by atoms with van der Waals surface area (Å²) in [6.45, 7) is 1.76. The molecule has 2 aromatic heterocycles. The van der Waals surface area contributed by atoms with E-state index in [4.69, 9.17) is 5.11 Å². The van der Waals surface area contributed by atoms with E-state index in [1.807, 2.05) is 0 Å². The van der Waals surface area contributed by atoms with Crippen LogP contribution in [0.3, 0.4) is 0 Å². The number of amides is 1. The number of pyridine rings is 2. The Bertz CT molecular complexity index is 641. The quantitative estimate of drug-likeness (QED) is 0.873. The first-order valence-electron chi connectivity index (χ1n) is 5.50. The van der Waals surface area contributed by atoms with Gasteiger partial charge in [-0.05, 0) is 31.2 Å². The molecular weight excluding hydrogens is 246 g/mol. The minimum Gasteiger partial charge on any atom is -0.478 e. The smallest absolute Gasteiger partial charge is 0.339 e. The van der Waals surface area contributed by atoms with E-state index in [0.29, 0.717) is 11.3 Å². The Hall–Kier alpha value is -2.76. The summed E-state index contributed by atoms with van der Waals surface area (Å²) in [6.07, 6.45) is 2.93. The normalized spacial score (nSPS) is 9.95. The van der Waals surface area contributed by atoms with Gasteiger partial charge in [0.25, 0.3) is 5.91 Å². The van der Waals surface area contributed by atoms with E-state index in [-0.39, 0.29) is 11.4 Å². The second-order valence-corrected chi connectivity index (χ2v) is 3.84. The largest absolute Gasteiger partial charge is 0.478 e. The summed E-state index contributed by atoms with van der Waals surface area (Å²) in [5.74, 6) is -1.55. The summed E-state index contributed by atoms with van der Waals surface area (Å²) in [4.78, 5) is 30.8. The number of aromatic nitrogens is 2. The fraction of sp³-hybridized carbons (Fsp3) is 0.0769. The monoisotopic (exact) mass is 257 g/mol. The molecule has 0 unspecified atom stereocenters. The molecule has 0 aliphatic heterocycles. The van der Waals surface area contributed by atoms with Crippen LogP contribution in [0.15, 0.2) is 36.7 Å². The van der Waals surface area contributed by atoms with Gasteiger partial charge in [-0.3, -0.25) is 9.78 Å². The summed E-state index contributed by atoms with van der Waals surface area (Å²) in [5.41, 5.74) is 1.04. The molecule has 0 spiro atoms. The Morgan fingerprint density at radius 1 is 1.21 bits per heavy atom. The lowest BCUT2D eigenvalue weighted by Gasteiger charge is -2.07. The van der Waals surface area contributed by atoms with Crippen molar-refractivity contribution in [3.63, 3.8) is 0 Å². The van der Waals surface area contributed by atoms with Crippen molar-refractivity contribution in [2.45, 2.75) is 6.92 Å². The van der Waals surface area contributed by atoms with E-state index in [1.54, 1.807) is 19.1 Å². The number of carboxylic acids is 1. The first-order chi connectivity index (χ1) is 9.08. The van der Waals surface area contributed by atoms with E-state index in [1.165, 1.54) is 24.5 Å². The van der Waals surface area contributed by atoms with Crippen molar-refractivity contribution in [1.82, 2.24) is 9.97 Å². The van der Waals surface area contributed by atoms with Crippen LogP contribution in [-0.4, -0.2) is 27.0 Å². The van der Waals surface area contributed by atoms with Crippen molar-refractivity contribution in [1.29, 1.82) is 0 Å². The molecule has 96 valence electrons. The Morgan fingerprint density at radius 3 is 2.68 bits per heavy atom. The van der Waals surface area contributed by atoms with Crippen LogP contribution in [0.25, 0.3) is 0 Å². The van der Waals surface area contributed by atoms with E-state index in [2.05, 4.69) is 15.3 Å². The van der Waals surface area contributed by atoms with E-state index >= 15 is 0 Å². The lowest BCUT2D eigenvalue weighted by atomic mass is 10.2. The maximum Gasteiger partial charge on any atom is 0.339 e. The van der Waals surface area contributed by atoms with Gasteiger partial charge >= 0.3 is 5.97 Å². The molecule has 1 amide bonds. The van der Waals surface area contributed by atoms with Crippen LogP contribution >= 0.6 is 0 Å². The highest BCUT2D eigenvalue weighted by molar-refractivity contribution is 6.06. The van der Waals surface area contributed by atoms with Gasteiger partial charge in [0.2, 0.25) is 0 Å². The molecule has 0 aliphatic rings. The molecule has 6 heteroatoms. The second-order valence-electron chi connectivity index (χ2n) is 3.84. The van der Waals surface area contributed by atoms with E-state index < -0.39 is 11.9 Å². The summed E-state index contributed by atoms with van der Waals surface area (Å²) in [7, 11) is 0. The molecule has 0 aromatic carbocycles. The molecule has 2 rings (SSSR count). The molecule has 0 saturated carbocycles. The third kappa shape index (κ3) is 2.92. The van der Waals surface area contributed by atoms with Crippen LogP contribution in [0.5, 0.6) is 0 Å². The topological polar surface area (TPSA) is 92.2 Å². The van der Waals surface area contributed by atoms with Gasteiger partial charge in [0.15, 0.2) is 0 Å². The van der Waals surface area contributed by atoms with E-state index in [9.17, 15) is 9.59 Å². The van der Waals surface area contributed by atoms with Gasteiger partial charge in [0.05, 0.1) is 0 Å². The van der Waals surface area contributed by atoms with Crippen molar-refractivity contribution in [3.8, 4) is 0 Å². The van der Waals surface area contributed by atoms with Crippen LogP contribution in [0.4, 0.5) is 5.82 Å². The summed E-state index contributed by atoms with van der Waals surface area (Å²) >= 11 is 0. The molecule has 6 nitrogen and oxygen atoms in total. The fourth-order valence-corrected chi connectivity index (χ4v) is 1.54. The van der Waals surface area contributed by atoms with Crippen LogP contribution in [-0.2, 0) is 0 Å². The third-order valence-electron chi connectivity index (χ3n) is 2.43. The average Bonchev–Trinajstić information content (AvgIpc) is 2.39. The van der Waals surface area contributed by atoms with Crippen molar-refractivity contribution < 1.29 is 14.7 Å². The summed E-state index contributed by atoms with van der Waals surface area (Å²) in [6, 6.07) is 6.03. The standard InChI is InChI=1S/C13H11N3O3/c1-8-7-9(4-6-14-8)12(17)16-11-10(13(18)19)3-2-5-15-11/h2-7H,1H3,(H,18,19)(H,15,16,17). The molecule has 0 radical (unpaired) electrons. The first kappa shape index (κ1) is 12.7. The van der Waals surface area contributed by atoms with Gasteiger partial charge in [0.1, 0.15) is 11.4 Å². The zero-order valence-corrected chi connectivity index (χ0v) is 10.1. The lowest BCUT2D eigenvalue weighted by molar-refractivity contribution is 0.0697. The molecule has 0 saturated heterocycles. The minimum atomic E-state index is -1.14. The molecule has 0 atom stereocenters. The van der Waals surface area contributed by atoms with Gasteiger partial charge in [-0.25, -0.2) is 9.78 Å². The van der Waals surface area contributed by atoms with Crippen LogP contribution < -0.4 is 5.32 Å². The van der Waals surface area contributed by atoms with E-state index in [0.717, 1.165) is 0 Å². The van der Waals surface area contributed by atoms with Crippen LogP contribution in [0.1, 0.15) is 26.4 Å². The molecule has 0 bridgehead atoms. The molecule has 2 aromatic rings. The average molecular weight is 257 g/mol. The summed E-state index contributed by atoms with van der Waals surface area (Å²) < 4.78 is 0. The van der Waals surface area contributed by atoms with Gasteiger partial charge < -0.3 is 10.4 Å².